The minimum absolute atomic E-state index is 0.607. The van der Waals surface area contributed by atoms with Gasteiger partial charge in [0.05, 0.1) is 17.3 Å². The molecular weight excluding hydrogens is 306 g/mol. The Hall–Kier alpha value is -1.33. The molecule has 1 heterocycles. The van der Waals surface area contributed by atoms with E-state index in [9.17, 15) is 0 Å². The maximum atomic E-state index is 5.61. The van der Waals surface area contributed by atoms with Gasteiger partial charge in [-0.1, -0.05) is 0 Å². The molecule has 1 aromatic heterocycles. The van der Waals surface area contributed by atoms with Crippen LogP contribution in [0.3, 0.4) is 0 Å². The van der Waals surface area contributed by atoms with E-state index in [0.717, 1.165) is 39.4 Å². The average molecular weight is 324 g/mol. The molecule has 0 saturated heterocycles. The van der Waals surface area contributed by atoms with Gasteiger partial charge in [0.15, 0.2) is 0 Å². The van der Waals surface area contributed by atoms with Gasteiger partial charge in [0.1, 0.15) is 11.6 Å². The predicted octanol–water partition coefficient (Wildman–Crippen LogP) is 2.67. The molecule has 2 N–H and O–H groups in total. The number of halogens is 1. The third-order valence-electron chi connectivity index (χ3n) is 3.27. The van der Waals surface area contributed by atoms with E-state index in [2.05, 4.69) is 32.4 Å². The smallest absolute Gasteiger partial charge is 0.133 e. The molecule has 1 aromatic carbocycles. The molecule has 102 valence electrons. The van der Waals surface area contributed by atoms with Crippen LogP contribution >= 0.6 is 15.9 Å². The maximum Gasteiger partial charge on any atom is 0.133 e. The van der Waals surface area contributed by atoms with E-state index in [4.69, 9.17) is 10.5 Å². The summed E-state index contributed by atoms with van der Waals surface area (Å²) in [6.45, 7) is 2.68. The van der Waals surface area contributed by atoms with E-state index in [1.807, 2.05) is 25.2 Å². The van der Waals surface area contributed by atoms with Crippen molar-refractivity contribution in [2.45, 2.75) is 13.3 Å². The fourth-order valence-electron chi connectivity index (χ4n) is 2.08. The molecule has 4 nitrogen and oxygen atoms in total. The third kappa shape index (κ3) is 2.67. The van der Waals surface area contributed by atoms with E-state index in [1.165, 1.54) is 0 Å². The van der Waals surface area contributed by atoms with Crippen molar-refractivity contribution < 1.29 is 4.74 Å². The van der Waals surface area contributed by atoms with E-state index >= 15 is 0 Å². The Bertz CT molecular complexity index is 593. The van der Waals surface area contributed by atoms with Gasteiger partial charge in [-0.2, -0.15) is 0 Å². The Morgan fingerprint density at radius 2 is 2.16 bits per heavy atom. The molecule has 2 aromatic rings. The van der Waals surface area contributed by atoms with E-state index in [1.54, 1.807) is 7.11 Å². The van der Waals surface area contributed by atoms with Gasteiger partial charge < -0.3 is 15.0 Å². The summed E-state index contributed by atoms with van der Waals surface area (Å²) < 4.78 is 8.27. The van der Waals surface area contributed by atoms with Gasteiger partial charge in [-0.3, -0.25) is 0 Å². The summed E-state index contributed by atoms with van der Waals surface area (Å²) in [5.74, 6) is 1.83. The molecule has 0 aliphatic heterocycles. The van der Waals surface area contributed by atoms with Crippen molar-refractivity contribution in [1.82, 2.24) is 9.55 Å². The number of hydrogen-bond donors (Lipinski definition) is 1. The number of hydrogen-bond acceptors (Lipinski definition) is 3. The van der Waals surface area contributed by atoms with Crippen LogP contribution in [0.2, 0.25) is 0 Å². The number of imidazole rings is 1. The molecular formula is C14H18BrN3O. The monoisotopic (exact) mass is 323 g/mol. The Labute approximate surface area is 121 Å². The summed E-state index contributed by atoms with van der Waals surface area (Å²) >= 11 is 3.51. The van der Waals surface area contributed by atoms with Crippen molar-refractivity contribution in [3.8, 4) is 17.0 Å². The lowest BCUT2D eigenvalue weighted by atomic mass is 10.1. The second-order valence-electron chi connectivity index (χ2n) is 4.41. The molecule has 0 unspecified atom stereocenters. The van der Waals surface area contributed by atoms with Crippen LogP contribution in [0.25, 0.3) is 11.3 Å². The zero-order valence-corrected chi connectivity index (χ0v) is 13.0. The summed E-state index contributed by atoms with van der Waals surface area (Å²) in [4.78, 5) is 4.69. The highest BCUT2D eigenvalue weighted by Gasteiger charge is 2.13. The largest absolute Gasteiger partial charge is 0.496 e. The first kappa shape index (κ1) is 14.1. The lowest BCUT2D eigenvalue weighted by Gasteiger charge is -2.05. The van der Waals surface area contributed by atoms with Crippen LogP contribution in [0.4, 0.5) is 0 Å². The van der Waals surface area contributed by atoms with Gasteiger partial charge in [0.2, 0.25) is 0 Å². The normalized spacial score (nSPS) is 10.8. The maximum absolute atomic E-state index is 5.61. The number of nitrogens with zero attached hydrogens (tertiary/aromatic N) is 2. The molecule has 0 saturated carbocycles. The fraction of sp³-hybridized carbons (Fsp3) is 0.357. The van der Waals surface area contributed by atoms with Crippen molar-refractivity contribution in [2.75, 3.05) is 13.7 Å². The molecule has 19 heavy (non-hydrogen) atoms. The molecule has 0 spiro atoms. The lowest BCUT2D eigenvalue weighted by molar-refractivity contribution is 0.412. The van der Waals surface area contributed by atoms with Crippen LogP contribution in [0.15, 0.2) is 22.7 Å². The molecule has 2 rings (SSSR count). The van der Waals surface area contributed by atoms with Crippen molar-refractivity contribution in [3.63, 3.8) is 0 Å². The summed E-state index contributed by atoms with van der Waals surface area (Å²) in [6.07, 6.45) is 0.786. The molecule has 5 heteroatoms. The first-order valence-electron chi connectivity index (χ1n) is 6.14. The van der Waals surface area contributed by atoms with Gasteiger partial charge in [-0.25, -0.2) is 4.98 Å². The van der Waals surface area contributed by atoms with Gasteiger partial charge in [0.25, 0.3) is 0 Å². The fourth-order valence-corrected chi connectivity index (χ4v) is 2.62. The first-order chi connectivity index (χ1) is 9.08. The van der Waals surface area contributed by atoms with Crippen LogP contribution in [0.5, 0.6) is 5.75 Å². The van der Waals surface area contributed by atoms with E-state index in [0.29, 0.717) is 6.54 Å². The van der Waals surface area contributed by atoms with E-state index in [-0.39, 0.29) is 0 Å². The van der Waals surface area contributed by atoms with Crippen molar-refractivity contribution in [2.24, 2.45) is 12.8 Å². The highest BCUT2D eigenvalue weighted by Crippen LogP contribution is 2.31. The van der Waals surface area contributed by atoms with Crippen LogP contribution in [-0.2, 0) is 13.5 Å². The van der Waals surface area contributed by atoms with Gasteiger partial charge >= 0.3 is 0 Å². The molecule has 0 bridgehead atoms. The highest BCUT2D eigenvalue weighted by molar-refractivity contribution is 9.10. The number of benzene rings is 1. The zero-order chi connectivity index (χ0) is 14.0. The van der Waals surface area contributed by atoms with Gasteiger partial charge in [-0.15, -0.1) is 0 Å². The van der Waals surface area contributed by atoms with Crippen molar-refractivity contribution >= 4 is 15.9 Å². The van der Waals surface area contributed by atoms with Crippen LogP contribution in [-0.4, -0.2) is 23.2 Å². The number of nitrogens with two attached hydrogens (primary N) is 1. The van der Waals surface area contributed by atoms with E-state index < -0.39 is 0 Å². The molecule has 0 radical (unpaired) electrons. The Morgan fingerprint density at radius 3 is 2.74 bits per heavy atom. The number of ether oxygens (including phenoxy) is 1. The number of rotatable bonds is 4. The molecule has 0 aliphatic carbocycles. The number of methoxy groups -OCH3 is 1. The Kier molecular flexibility index (Phi) is 4.27. The molecule has 0 atom stereocenters. The summed E-state index contributed by atoms with van der Waals surface area (Å²) in [5, 5.41) is 0. The van der Waals surface area contributed by atoms with Crippen molar-refractivity contribution in [3.05, 3.63) is 34.2 Å². The first-order valence-corrected chi connectivity index (χ1v) is 6.94. The predicted molar refractivity (Wildman–Crippen MR) is 80.4 cm³/mol. The van der Waals surface area contributed by atoms with Crippen molar-refractivity contribution in [1.29, 1.82) is 0 Å². The molecule has 0 aliphatic rings. The summed E-state index contributed by atoms with van der Waals surface area (Å²) in [5.41, 5.74) is 8.82. The standard InChI is InChI=1S/C14H18BrN3O/c1-9-14(17-13(6-7-16)18(9)2)10-4-5-12(19-3)11(15)8-10/h4-5,8H,6-7,16H2,1-3H3. The minimum atomic E-state index is 0.607. The topological polar surface area (TPSA) is 53.1 Å². The zero-order valence-electron chi connectivity index (χ0n) is 11.4. The number of aromatic nitrogens is 2. The van der Waals surface area contributed by atoms with Gasteiger partial charge in [0, 0.05) is 24.7 Å². The molecule has 0 amide bonds. The van der Waals surface area contributed by atoms with Gasteiger partial charge in [-0.05, 0) is 47.6 Å². The van der Waals surface area contributed by atoms with Crippen LogP contribution in [0.1, 0.15) is 11.5 Å². The Balaban J connectivity index is 2.47. The average Bonchev–Trinajstić information content (AvgIpc) is 2.67. The quantitative estimate of drug-likeness (QED) is 0.941. The third-order valence-corrected chi connectivity index (χ3v) is 3.89. The summed E-state index contributed by atoms with van der Waals surface area (Å²) in [7, 11) is 3.68. The second-order valence-corrected chi connectivity index (χ2v) is 5.26. The SMILES string of the molecule is COc1ccc(-c2nc(CCN)n(C)c2C)cc1Br. The van der Waals surface area contributed by atoms with Crippen LogP contribution in [0, 0.1) is 6.92 Å². The highest BCUT2D eigenvalue weighted by atomic mass is 79.9. The van der Waals surface area contributed by atoms with Crippen LogP contribution < -0.4 is 10.5 Å². The minimum Gasteiger partial charge on any atom is -0.496 e. The second kappa shape index (κ2) is 5.75. The lowest BCUT2D eigenvalue weighted by Crippen LogP contribution is -2.08. The Morgan fingerprint density at radius 1 is 1.42 bits per heavy atom. The summed E-state index contributed by atoms with van der Waals surface area (Å²) in [6, 6.07) is 5.99. The molecule has 0 fully saturated rings.